The molecule has 1 aromatic heterocycles. The first kappa shape index (κ1) is 13.3. The highest BCUT2D eigenvalue weighted by atomic mass is 32.1. The molecule has 2 heterocycles. The van der Waals surface area contributed by atoms with E-state index in [0.717, 1.165) is 24.5 Å². The standard InChI is InChI=1S/C14H21N3S/c1-3-14(2)6-9-17(10-7-14)13-11(12(15)18)5-4-8-16-13/h4-5,8H,3,6-7,9-10H2,1-2H3,(H2,15,18). The minimum atomic E-state index is 0.432. The summed E-state index contributed by atoms with van der Waals surface area (Å²) >= 11 is 5.10. The number of nitrogens with two attached hydrogens (primary N) is 1. The molecule has 2 rings (SSSR count). The van der Waals surface area contributed by atoms with Gasteiger partial charge in [-0.05, 0) is 30.4 Å². The number of thiocarbonyl (C=S) groups is 1. The maximum Gasteiger partial charge on any atom is 0.138 e. The molecular weight excluding hydrogens is 242 g/mol. The van der Waals surface area contributed by atoms with Gasteiger partial charge in [0.2, 0.25) is 0 Å². The summed E-state index contributed by atoms with van der Waals surface area (Å²) in [5, 5.41) is 0. The van der Waals surface area contributed by atoms with Gasteiger partial charge in [0.25, 0.3) is 0 Å². The van der Waals surface area contributed by atoms with Crippen molar-refractivity contribution in [2.24, 2.45) is 11.1 Å². The van der Waals surface area contributed by atoms with Crippen LogP contribution in [0, 0.1) is 5.41 Å². The van der Waals surface area contributed by atoms with Gasteiger partial charge < -0.3 is 10.6 Å². The van der Waals surface area contributed by atoms with E-state index in [-0.39, 0.29) is 0 Å². The number of pyridine rings is 1. The molecule has 0 bridgehead atoms. The van der Waals surface area contributed by atoms with Gasteiger partial charge in [-0.1, -0.05) is 32.5 Å². The van der Waals surface area contributed by atoms with E-state index < -0.39 is 0 Å². The zero-order valence-corrected chi connectivity index (χ0v) is 12.0. The number of anilines is 1. The molecule has 0 aromatic carbocycles. The molecule has 0 radical (unpaired) electrons. The van der Waals surface area contributed by atoms with Crippen molar-refractivity contribution in [2.45, 2.75) is 33.1 Å². The van der Waals surface area contributed by atoms with Crippen molar-refractivity contribution in [1.82, 2.24) is 4.98 Å². The third-order valence-corrected chi connectivity index (χ3v) is 4.40. The van der Waals surface area contributed by atoms with Crippen molar-refractivity contribution in [3.8, 4) is 0 Å². The van der Waals surface area contributed by atoms with Gasteiger partial charge in [0.05, 0.1) is 5.56 Å². The molecule has 1 aliphatic rings. The van der Waals surface area contributed by atoms with E-state index in [9.17, 15) is 0 Å². The lowest BCUT2D eigenvalue weighted by Crippen LogP contribution is -2.39. The lowest BCUT2D eigenvalue weighted by atomic mass is 9.78. The van der Waals surface area contributed by atoms with Crippen molar-refractivity contribution < 1.29 is 0 Å². The van der Waals surface area contributed by atoms with Crippen LogP contribution in [0.5, 0.6) is 0 Å². The Hall–Kier alpha value is -1.16. The second kappa shape index (κ2) is 5.22. The molecule has 4 heteroatoms. The zero-order valence-electron chi connectivity index (χ0n) is 11.1. The first-order chi connectivity index (χ1) is 8.56. The molecule has 98 valence electrons. The van der Waals surface area contributed by atoms with Crippen LogP contribution in [0.1, 0.15) is 38.7 Å². The van der Waals surface area contributed by atoms with Crippen molar-refractivity contribution >= 4 is 23.0 Å². The third kappa shape index (κ3) is 2.64. The Morgan fingerprint density at radius 1 is 1.50 bits per heavy atom. The van der Waals surface area contributed by atoms with Crippen LogP contribution in [0.3, 0.4) is 0 Å². The first-order valence-corrected chi connectivity index (χ1v) is 6.96. The fraction of sp³-hybridized carbons (Fsp3) is 0.571. The molecule has 0 aliphatic carbocycles. The summed E-state index contributed by atoms with van der Waals surface area (Å²) in [6.07, 6.45) is 5.46. The largest absolute Gasteiger partial charge is 0.389 e. The fourth-order valence-corrected chi connectivity index (χ4v) is 2.61. The maximum absolute atomic E-state index is 5.77. The van der Waals surface area contributed by atoms with E-state index in [4.69, 9.17) is 18.0 Å². The summed E-state index contributed by atoms with van der Waals surface area (Å²) in [6.45, 7) is 6.72. The smallest absolute Gasteiger partial charge is 0.138 e. The summed E-state index contributed by atoms with van der Waals surface area (Å²) in [7, 11) is 0. The second-order valence-corrected chi connectivity index (χ2v) is 5.83. The SMILES string of the molecule is CCC1(C)CCN(c2ncccc2C(N)=S)CC1. The monoisotopic (exact) mass is 263 g/mol. The molecule has 0 spiro atoms. The van der Waals surface area contributed by atoms with E-state index in [1.54, 1.807) is 0 Å². The van der Waals surface area contributed by atoms with Crippen LogP contribution in [-0.4, -0.2) is 23.1 Å². The van der Waals surface area contributed by atoms with E-state index in [1.165, 1.54) is 19.3 Å². The zero-order chi connectivity index (χ0) is 13.2. The molecule has 1 aromatic rings. The van der Waals surface area contributed by atoms with Gasteiger partial charge in [0.1, 0.15) is 10.8 Å². The van der Waals surface area contributed by atoms with Crippen LogP contribution < -0.4 is 10.6 Å². The molecule has 0 atom stereocenters. The number of hydrogen-bond acceptors (Lipinski definition) is 3. The van der Waals surface area contributed by atoms with Gasteiger partial charge in [-0.25, -0.2) is 4.98 Å². The molecule has 0 amide bonds. The Bertz CT molecular complexity index is 436. The van der Waals surface area contributed by atoms with Crippen molar-refractivity contribution in [3.63, 3.8) is 0 Å². The highest BCUT2D eigenvalue weighted by molar-refractivity contribution is 7.80. The molecule has 18 heavy (non-hydrogen) atoms. The van der Waals surface area contributed by atoms with Crippen molar-refractivity contribution in [3.05, 3.63) is 23.9 Å². The van der Waals surface area contributed by atoms with Gasteiger partial charge >= 0.3 is 0 Å². The summed E-state index contributed by atoms with van der Waals surface area (Å²) < 4.78 is 0. The number of hydrogen-bond donors (Lipinski definition) is 1. The molecule has 1 aliphatic heterocycles. The average Bonchev–Trinajstić information content (AvgIpc) is 2.39. The minimum absolute atomic E-state index is 0.432. The van der Waals surface area contributed by atoms with Crippen LogP contribution in [0.15, 0.2) is 18.3 Å². The van der Waals surface area contributed by atoms with Crippen LogP contribution in [-0.2, 0) is 0 Å². The highest BCUT2D eigenvalue weighted by Gasteiger charge is 2.29. The highest BCUT2D eigenvalue weighted by Crippen LogP contribution is 2.35. The van der Waals surface area contributed by atoms with Crippen LogP contribution in [0.4, 0.5) is 5.82 Å². The summed E-state index contributed by atoms with van der Waals surface area (Å²) in [5.74, 6) is 0.947. The van der Waals surface area contributed by atoms with E-state index in [0.29, 0.717) is 10.4 Å². The quantitative estimate of drug-likeness (QED) is 0.852. The maximum atomic E-state index is 5.77. The van der Waals surface area contributed by atoms with Gasteiger partial charge in [0, 0.05) is 19.3 Å². The van der Waals surface area contributed by atoms with Crippen LogP contribution >= 0.6 is 12.2 Å². The first-order valence-electron chi connectivity index (χ1n) is 6.55. The summed E-state index contributed by atoms with van der Waals surface area (Å²) in [4.78, 5) is 7.20. The Morgan fingerprint density at radius 3 is 2.72 bits per heavy atom. The molecule has 0 unspecified atom stereocenters. The minimum Gasteiger partial charge on any atom is -0.389 e. The summed E-state index contributed by atoms with van der Waals surface area (Å²) in [5.41, 5.74) is 7.14. The lowest BCUT2D eigenvalue weighted by Gasteiger charge is -2.39. The normalized spacial score (nSPS) is 18.7. The van der Waals surface area contributed by atoms with E-state index in [1.807, 2.05) is 18.3 Å². The Morgan fingerprint density at radius 2 is 2.17 bits per heavy atom. The number of aromatic nitrogens is 1. The second-order valence-electron chi connectivity index (χ2n) is 5.39. The summed E-state index contributed by atoms with van der Waals surface area (Å²) in [6, 6.07) is 3.84. The average molecular weight is 263 g/mol. The van der Waals surface area contributed by atoms with Gasteiger partial charge in [-0.3, -0.25) is 0 Å². The molecule has 3 nitrogen and oxygen atoms in total. The lowest BCUT2D eigenvalue weighted by molar-refractivity contribution is 0.238. The fourth-order valence-electron chi connectivity index (χ4n) is 2.45. The van der Waals surface area contributed by atoms with Gasteiger partial charge in [-0.2, -0.15) is 0 Å². The predicted octanol–water partition coefficient (Wildman–Crippen LogP) is 2.73. The molecule has 1 fully saturated rings. The van der Waals surface area contributed by atoms with Crippen LogP contribution in [0.25, 0.3) is 0 Å². The van der Waals surface area contributed by atoms with Crippen LogP contribution in [0.2, 0.25) is 0 Å². The number of rotatable bonds is 3. The molecule has 1 saturated heterocycles. The molecule has 2 N–H and O–H groups in total. The Labute approximate surface area is 114 Å². The van der Waals surface area contributed by atoms with E-state index in [2.05, 4.69) is 23.7 Å². The van der Waals surface area contributed by atoms with Crippen molar-refractivity contribution in [1.29, 1.82) is 0 Å². The number of nitrogens with zero attached hydrogens (tertiary/aromatic N) is 2. The topological polar surface area (TPSA) is 42.2 Å². The number of piperidine rings is 1. The van der Waals surface area contributed by atoms with E-state index >= 15 is 0 Å². The van der Waals surface area contributed by atoms with Gasteiger partial charge in [0.15, 0.2) is 0 Å². The molecule has 0 saturated carbocycles. The Balaban J connectivity index is 2.17. The Kier molecular flexibility index (Phi) is 3.85. The third-order valence-electron chi connectivity index (χ3n) is 4.18. The van der Waals surface area contributed by atoms with Crippen molar-refractivity contribution in [2.75, 3.05) is 18.0 Å². The molecular formula is C14H21N3S. The predicted molar refractivity (Wildman–Crippen MR) is 80.0 cm³/mol. The van der Waals surface area contributed by atoms with Gasteiger partial charge in [-0.15, -0.1) is 0 Å².